The van der Waals surface area contributed by atoms with Gasteiger partial charge in [-0.3, -0.25) is 9.78 Å². The van der Waals surface area contributed by atoms with Gasteiger partial charge in [-0.2, -0.15) is 0 Å². The summed E-state index contributed by atoms with van der Waals surface area (Å²) < 4.78 is 5.21. The maximum absolute atomic E-state index is 12.2. The van der Waals surface area contributed by atoms with Crippen LogP contribution < -0.4 is 5.32 Å². The molecular formula is C17H17N3O3. The summed E-state index contributed by atoms with van der Waals surface area (Å²) in [5.41, 5.74) is 0.492. The highest BCUT2D eigenvalue weighted by atomic mass is 16.3. The summed E-state index contributed by atoms with van der Waals surface area (Å²) in [7, 11) is 0. The Morgan fingerprint density at radius 2 is 2.04 bits per heavy atom. The smallest absolute Gasteiger partial charge is 0.271 e. The van der Waals surface area contributed by atoms with Gasteiger partial charge in [-0.25, -0.2) is 4.98 Å². The van der Waals surface area contributed by atoms with Crippen LogP contribution in [0.5, 0.6) is 0 Å². The van der Waals surface area contributed by atoms with Crippen molar-refractivity contribution in [2.45, 2.75) is 18.9 Å². The zero-order valence-corrected chi connectivity index (χ0v) is 12.7. The minimum Gasteiger partial charge on any atom is -0.469 e. The highest BCUT2D eigenvalue weighted by Crippen LogP contribution is 2.13. The molecule has 6 heteroatoms. The molecule has 0 aliphatic rings. The van der Waals surface area contributed by atoms with Gasteiger partial charge in [-0.15, -0.1) is 0 Å². The molecule has 1 amide bonds. The van der Waals surface area contributed by atoms with Gasteiger partial charge in [0.05, 0.1) is 29.1 Å². The molecule has 0 radical (unpaired) electrons. The molecule has 0 aliphatic heterocycles. The van der Waals surface area contributed by atoms with Gasteiger partial charge < -0.3 is 14.8 Å². The second-order valence-electron chi connectivity index (χ2n) is 5.68. The molecule has 0 aliphatic carbocycles. The number of hydrogen-bond acceptors (Lipinski definition) is 5. The molecule has 6 nitrogen and oxygen atoms in total. The van der Waals surface area contributed by atoms with Crippen LogP contribution in [0.3, 0.4) is 0 Å². The Bertz CT molecular complexity index is 813. The van der Waals surface area contributed by atoms with E-state index < -0.39 is 5.60 Å². The lowest BCUT2D eigenvalue weighted by Crippen LogP contribution is -2.42. The van der Waals surface area contributed by atoms with Crippen molar-refractivity contribution in [1.29, 1.82) is 0 Å². The Morgan fingerprint density at radius 1 is 1.26 bits per heavy atom. The molecule has 0 spiro atoms. The van der Waals surface area contributed by atoms with Crippen LogP contribution in [-0.2, 0) is 6.42 Å². The summed E-state index contributed by atoms with van der Waals surface area (Å²) in [5.74, 6) is 0.290. The minimum absolute atomic E-state index is 0.0844. The first-order chi connectivity index (χ1) is 11.0. The number of nitrogens with zero attached hydrogens (tertiary/aromatic N) is 2. The minimum atomic E-state index is -1.11. The van der Waals surface area contributed by atoms with E-state index in [2.05, 4.69) is 15.3 Å². The number of carbonyl (C=O) groups is 1. The van der Waals surface area contributed by atoms with Crippen molar-refractivity contribution in [3.8, 4) is 0 Å². The predicted molar refractivity (Wildman–Crippen MR) is 84.9 cm³/mol. The Kier molecular flexibility index (Phi) is 4.08. The van der Waals surface area contributed by atoms with E-state index in [9.17, 15) is 9.90 Å². The third kappa shape index (κ3) is 3.73. The normalized spacial score (nSPS) is 13.7. The average molecular weight is 311 g/mol. The first kappa shape index (κ1) is 15.2. The highest BCUT2D eigenvalue weighted by molar-refractivity contribution is 5.93. The zero-order valence-electron chi connectivity index (χ0n) is 12.7. The number of amides is 1. The van der Waals surface area contributed by atoms with E-state index in [1.54, 1.807) is 31.4 Å². The quantitative estimate of drug-likeness (QED) is 0.752. The lowest BCUT2D eigenvalue weighted by atomic mass is 10.0. The largest absolute Gasteiger partial charge is 0.469 e. The maximum Gasteiger partial charge on any atom is 0.271 e. The zero-order chi connectivity index (χ0) is 16.3. The van der Waals surface area contributed by atoms with Gasteiger partial charge in [0.25, 0.3) is 5.91 Å². The van der Waals surface area contributed by atoms with Crippen molar-refractivity contribution in [3.05, 3.63) is 60.3 Å². The van der Waals surface area contributed by atoms with E-state index in [1.807, 2.05) is 18.2 Å². The molecular weight excluding hydrogens is 294 g/mol. The van der Waals surface area contributed by atoms with Crippen molar-refractivity contribution >= 4 is 16.9 Å². The number of rotatable bonds is 5. The molecule has 2 heterocycles. The first-order valence-corrected chi connectivity index (χ1v) is 7.28. The summed E-state index contributed by atoms with van der Waals surface area (Å²) in [6.45, 7) is 1.73. The van der Waals surface area contributed by atoms with Crippen LogP contribution in [0.2, 0.25) is 0 Å². The van der Waals surface area contributed by atoms with Crippen LogP contribution >= 0.6 is 0 Å². The second kappa shape index (κ2) is 6.18. The van der Waals surface area contributed by atoms with Crippen LogP contribution in [0.1, 0.15) is 23.2 Å². The summed E-state index contributed by atoms with van der Waals surface area (Å²) in [4.78, 5) is 20.7. The van der Waals surface area contributed by atoms with Crippen LogP contribution in [0.15, 0.2) is 53.3 Å². The first-order valence-electron chi connectivity index (χ1n) is 7.28. The standard InChI is InChI=1S/C17H17N3O3/c1-17(22,9-12-5-4-8-23-12)11-19-16(21)15-10-18-13-6-2-3-7-14(13)20-15/h2-8,10,22H,9,11H2,1H3,(H,19,21). The summed E-state index contributed by atoms with van der Waals surface area (Å²) in [6, 6.07) is 10.9. The molecule has 23 heavy (non-hydrogen) atoms. The van der Waals surface area contributed by atoms with E-state index in [4.69, 9.17) is 4.42 Å². The van der Waals surface area contributed by atoms with Crippen molar-refractivity contribution in [2.24, 2.45) is 0 Å². The van der Waals surface area contributed by atoms with Crippen LogP contribution in [-0.4, -0.2) is 33.1 Å². The third-order valence-corrected chi connectivity index (χ3v) is 3.45. The average Bonchev–Trinajstić information content (AvgIpc) is 3.04. The number of furan rings is 1. The summed E-state index contributed by atoms with van der Waals surface area (Å²) >= 11 is 0. The molecule has 1 unspecified atom stereocenters. The van der Waals surface area contributed by atoms with Crippen molar-refractivity contribution < 1.29 is 14.3 Å². The topological polar surface area (TPSA) is 88.2 Å². The number of carbonyl (C=O) groups excluding carboxylic acids is 1. The molecule has 0 fully saturated rings. The number of benzene rings is 1. The van der Waals surface area contributed by atoms with Gasteiger partial charge in [-0.1, -0.05) is 12.1 Å². The Hall–Kier alpha value is -2.73. The number of fused-ring (bicyclic) bond motifs is 1. The lowest BCUT2D eigenvalue weighted by molar-refractivity contribution is 0.0509. The fraction of sp³-hybridized carbons (Fsp3) is 0.235. The van der Waals surface area contributed by atoms with Crippen LogP contribution in [0.4, 0.5) is 0 Å². The van der Waals surface area contributed by atoms with Gasteiger partial charge >= 0.3 is 0 Å². The van der Waals surface area contributed by atoms with Gasteiger partial charge in [0, 0.05) is 13.0 Å². The molecule has 0 saturated heterocycles. The summed E-state index contributed by atoms with van der Waals surface area (Å²) in [6.07, 6.45) is 3.29. The third-order valence-electron chi connectivity index (χ3n) is 3.45. The highest BCUT2D eigenvalue weighted by Gasteiger charge is 2.24. The van der Waals surface area contributed by atoms with E-state index in [-0.39, 0.29) is 18.1 Å². The van der Waals surface area contributed by atoms with Gasteiger partial charge in [-0.05, 0) is 31.2 Å². The Labute approximate surface area is 133 Å². The molecule has 2 aromatic heterocycles. The van der Waals surface area contributed by atoms with Crippen molar-refractivity contribution in [3.63, 3.8) is 0 Å². The number of para-hydroxylation sites is 2. The van der Waals surface area contributed by atoms with E-state index in [0.29, 0.717) is 17.7 Å². The number of nitrogens with one attached hydrogen (secondary N) is 1. The number of aliphatic hydroxyl groups is 1. The van der Waals surface area contributed by atoms with Crippen LogP contribution in [0, 0.1) is 0 Å². The van der Waals surface area contributed by atoms with Gasteiger partial charge in [0.1, 0.15) is 11.5 Å². The van der Waals surface area contributed by atoms with Crippen LogP contribution in [0.25, 0.3) is 11.0 Å². The lowest BCUT2D eigenvalue weighted by Gasteiger charge is -2.22. The SMILES string of the molecule is CC(O)(CNC(=O)c1cnc2ccccc2n1)Cc1ccco1. The maximum atomic E-state index is 12.2. The van der Waals surface area contributed by atoms with E-state index >= 15 is 0 Å². The monoisotopic (exact) mass is 311 g/mol. The Balaban J connectivity index is 1.65. The summed E-state index contributed by atoms with van der Waals surface area (Å²) in [5, 5.41) is 13.0. The van der Waals surface area contributed by atoms with Gasteiger partial charge in [0.15, 0.2) is 0 Å². The molecule has 0 saturated carbocycles. The van der Waals surface area contributed by atoms with E-state index in [1.165, 1.54) is 6.20 Å². The number of aromatic nitrogens is 2. The fourth-order valence-corrected chi connectivity index (χ4v) is 2.28. The Morgan fingerprint density at radius 3 is 2.78 bits per heavy atom. The van der Waals surface area contributed by atoms with Crippen molar-refractivity contribution in [2.75, 3.05) is 6.54 Å². The predicted octanol–water partition coefficient (Wildman–Crippen LogP) is 1.95. The molecule has 1 atom stereocenters. The molecule has 1 aromatic carbocycles. The molecule has 118 valence electrons. The second-order valence-corrected chi connectivity index (χ2v) is 5.68. The van der Waals surface area contributed by atoms with Crippen molar-refractivity contribution in [1.82, 2.24) is 15.3 Å². The molecule has 3 rings (SSSR count). The number of hydrogen-bond donors (Lipinski definition) is 2. The van der Waals surface area contributed by atoms with E-state index in [0.717, 1.165) is 5.52 Å². The molecule has 2 N–H and O–H groups in total. The van der Waals surface area contributed by atoms with Gasteiger partial charge in [0.2, 0.25) is 0 Å². The molecule has 0 bridgehead atoms. The fourth-order valence-electron chi connectivity index (χ4n) is 2.28. The molecule has 3 aromatic rings.